The first-order chi connectivity index (χ1) is 13.8. The van der Waals surface area contributed by atoms with E-state index in [2.05, 4.69) is 44.8 Å². The van der Waals surface area contributed by atoms with Gasteiger partial charge in [0.2, 0.25) is 0 Å². The molecule has 0 aliphatic carbocycles. The number of hydrogen-bond donors (Lipinski definition) is 0. The van der Waals surface area contributed by atoms with E-state index < -0.39 is 0 Å². The van der Waals surface area contributed by atoms with Crippen LogP contribution in [0.5, 0.6) is 0 Å². The number of carbonyl (C=O) groups excluding carboxylic acids is 2. The van der Waals surface area contributed by atoms with Crippen LogP contribution in [0.2, 0.25) is 0 Å². The van der Waals surface area contributed by atoms with Gasteiger partial charge in [0.25, 0.3) is 5.91 Å². The highest BCUT2D eigenvalue weighted by Gasteiger charge is 2.30. The Kier molecular flexibility index (Phi) is 6.89. The molecule has 3 rings (SSSR count). The van der Waals surface area contributed by atoms with Crippen LogP contribution in [0.4, 0.5) is 0 Å². The fourth-order valence-corrected chi connectivity index (χ4v) is 4.90. The lowest BCUT2D eigenvalue weighted by Crippen LogP contribution is -2.40. The van der Waals surface area contributed by atoms with Crippen molar-refractivity contribution in [2.75, 3.05) is 13.1 Å². The second-order valence-electron chi connectivity index (χ2n) is 8.85. The van der Waals surface area contributed by atoms with E-state index >= 15 is 0 Å². The summed E-state index contributed by atoms with van der Waals surface area (Å²) in [5.41, 5.74) is 2.89. The normalized spacial score (nSPS) is 15.3. The second kappa shape index (κ2) is 9.21. The molecule has 1 aromatic carbocycles. The Bertz CT molecular complexity index is 860. The number of rotatable bonds is 6. The number of benzene rings is 1. The number of amides is 1. The number of aryl methyl sites for hydroxylation is 1. The number of aromatic nitrogens is 1. The fraction of sp³-hybridized carbons (Fsp3) is 0.542. The SMILES string of the molecule is Cc1nc(C(C)C)sc1C(=O)N1CCC(C(=O)c2ccc(CC(C)C)cc2)CC1. The van der Waals surface area contributed by atoms with Crippen LogP contribution in [0.3, 0.4) is 0 Å². The zero-order valence-corrected chi connectivity index (χ0v) is 19.0. The lowest BCUT2D eigenvalue weighted by Gasteiger charge is -2.31. The predicted molar refractivity (Wildman–Crippen MR) is 119 cm³/mol. The van der Waals surface area contributed by atoms with Crippen LogP contribution < -0.4 is 0 Å². The molecular weight excluding hydrogens is 380 g/mol. The van der Waals surface area contributed by atoms with Crippen LogP contribution in [0.15, 0.2) is 24.3 Å². The molecule has 2 aromatic rings. The Morgan fingerprint density at radius 2 is 1.72 bits per heavy atom. The summed E-state index contributed by atoms with van der Waals surface area (Å²) in [6, 6.07) is 8.08. The summed E-state index contributed by atoms with van der Waals surface area (Å²) in [6.07, 6.45) is 2.49. The largest absolute Gasteiger partial charge is 0.338 e. The molecule has 156 valence electrons. The maximum Gasteiger partial charge on any atom is 0.265 e. The highest BCUT2D eigenvalue weighted by Crippen LogP contribution is 2.28. The molecule has 0 spiro atoms. The summed E-state index contributed by atoms with van der Waals surface area (Å²) in [5, 5.41) is 1.01. The van der Waals surface area contributed by atoms with Crippen LogP contribution in [0.25, 0.3) is 0 Å². The average Bonchev–Trinajstić information content (AvgIpc) is 3.09. The van der Waals surface area contributed by atoms with Crippen LogP contribution in [0, 0.1) is 18.8 Å². The summed E-state index contributed by atoms with van der Waals surface area (Å²) in [7, 11) is 0. The van der Waals surface area contributed by atoms with Gasteiger partial charge in [-0.25, -0.2) is 4.98 Å². The van der Waals surface area contributed by atoms with Gasteiger partial charge < -0.3 is 4.90 Å². The lowest BCUT2D eigenvalue weighted by molar-refractivity contribution is 0.0653. The molecule has 1 saturated heterocycles. The van der Waals surface area contributed by atoms with E-state index in [4.69, 9.17) is 0 Å². The third kappa shape index (κ3) is 5.13. The molecule has 1 amide bonds. The first-order valence-corrected chi connectivity index (χ1v) is 11.5. The molecule has 0 atom stereocenters. The third-order valence-corrected chi connectivity index (χ3v) is 6.98. The molecule has 29 heavy (non-hydrogen) atoms. The molecule has 0 unspecified atom stereocenters. The van der Waals surface area contributed by atoms with Crippen molar-refractivity contribution in [2.24, 2.45) is 11.8 Å². The van der Waals surface area contributed by atoms with E-state index in [1.54, 1.807) is 0 Å². The highest BCUT2D eigenvalue weighted by molar-refractivity contribution is 7.13. The van der Waals surface area contributed by atoms with E-state index in [1.807, 2.05) is 24.0 Å². The molecule has 2 heterocycles. The molecule has 1 fully saturated rings. The molecule has 1 aliphatic heterocycles. The van der Waals surface area contributed by atoms with Gasteiger partial charge in [0.1, 0.15) is 4.88 Å². The minimum absolute atomic E-state index is 0.00350. The monoisotopic (exact) mass is 412 g/mol. The van der Waals surface area contributed by atoms with Crippen molar-refractivity contribution in [3.05, 3.63) is 51.0 Å². The number of carbonyl (C=O) groups is 2. The molecule has 5 heteroatoms. The summed E-state index contributed by atoms with van der Waals surface area (Å²) < 4.78 is 0. The van der Waals surface area contributed by atoms with Crippen LogP contribution in [-0.4, -0.2) is 34.7 Å². The van der Waals surface area contributed by atoms with E-state index in [1.165, 1.54) is 16.9 Å². The number of hydrogen-bond acceptors (Lipinski definition) is 4. The molecule has 1 aromatic heterocycles. The van der Waals surface area contributed by atoms with Gasteiger partial charge in [-0.15, -0.1) is 11.3 Å². The quantitative estimate of drug-likeness (QED) is 0.588. The number of piperidine rings is 1. The minimum Gasteiger partial charge on any atom is -0.338 e. The van der Waals surface area contributed by atoms with Crippen molar-refractivity contribution in [1.29, 1.82) is 0 Å². The number of ketones is 1. The average molecular weight is 413 g/mol. The van der Waals surface area contributed by atoms with E-state index in [9.17, 15) is 9.59 Å². The van der Waals surface area contributed by atoms with E-state index in [0.29, 0.717) is 24.9 Å². The smallest absolute Gasteiger partial charge is 0.265 e. The van der Waals surface area contributed by atoms with Crippen molar-refractivity contribution in [3.8, 4) is 0 Å². The van der Waals surface area contributed by atoms with Crippen molar-refractivity contribution >= 4 is 23.0 Å². The number of nitrogens with zero attached hydrogens (tertiary/aromatic N) is 2. The van der Waals surface area contributed by atoms with Crippen LogP contribution in [0.1, 0.15) is 82.7 Å². The van der Waals surface area contributed by atoms with Gasteiger partial charge in [-0.3, -0.25) is 9.59 Å². The van der Waals surface area contributed by atoms with Crippen LogP contribution >= 0.6 is 11.3 Å². The maximum absolute atomic E-state index is 12.9. The topological polar surface area (TPSA) is 50.3 Å². The Hall–Kier alpha value is -2.01. The third-order valence-electron chi connectivity index (χ3n) is 5.54. The molecule has 0 saturated carbocycles. The fourth-order valence-electron chi connectivity index (χ4n) is 3.86. The summed E-state index contributed by atoms with van der Waals surface area (Å²) >= 11 is 1.51. The van der Waals surface area contributed by atoms with Gasteiger partial charge >= 0.3 is 0 Å². The second-order valence-corrected chi connectivity index (χ2v) is 9.88. The highest BCUT2D eigenvalue weighted by atomic mass is 32.1. The molecule has 4 nitrogen and oxygen atoms in total. The van der Waals surface area contributed by atoms with E-state index in [0.717, 1.165) is 40.4 Å². The number of likely N-dealkylation sites (tertiary alicyclic amines) is 1. The lowest BCUT2D eigenvalue weighted by atomic mass is 9.88. The Morgan fingerprint density at radius 1 is 1.10 bits per heavy atom. The van der Waals surface area contributed by atoms with Gasteiger partial charge in [0, 0.05) is 30.5 Å². The van der Waals surface area contributed by atoms with Crippen molar-refractivity contribution in [3.63, 3.8) is 0 Å². The Balaban J connectivity index is 1.60. The number of thiazole rings is 1. The summed E-state index contributed by atoms with van der Waals surface area (Å²) in [4.78, 5) is 33.0. The predicted octanol–water partition coefficient (Wildman–Crippen LogP) is 5.51. The van der Waals surface area contributed by atoms with Crippen molar-refractivity contribution < 1.29 is 9.59 Å². The van der Waals surface area contributed by atoms with Gasteiger partial charge in [-0.2, -0.15) is 0 Å². The molecule has 0 radical (unpaired) electrons. The van der Waals surface area contributed by atoms with Gasteiger partial charge in [0.05, 0.1) is 10.7 Å². The Labute approximate surface area is 178 Å². The van der Waals surface area contributed by atoms with Gasteiger partial charge in [-0.1, -0.05) is 52.0 Å². The van der Waals surface area contributed by atoms with E-state index in [-0.39, 0.29) is 17.6 Å². The number of Topliss-reactive ketones (excluding diaryl/α,β-unsaturated/α-hetero) is 1. The zero-order valence-electron chi connectivity index (χ0n) is 18.2. The van der Waals surface area contributed by atoms with Crippen molar-refractivity contribution in [1.82, 2.24) is 9.88 Å². The maximum atomic E-state index is 12.9. The summed E-state index contributed by atoms with van der Waals surface area (Å²) in [6.45, 7) is 11.8. The molecule has 0 bridgehead atoms. The van der Waals surface area contributed by atoms with Crippen molar-refractivity contribution in [2.45, 2.75) is 59.8 Å². The Morgan fingerprint density at radius 3 is 2.24 bits per heavy atom. The molecule has 0 N–H and O–H groups in total. The zero-order chi connectivity index (χ0) is 21.1. The van der Waals surface area contributed by atoms with Gasteiger partial charge in [0.15, 0.2) is 5.78 Å². The molecule has 1 aliphatic rings. The van der Waals surface area contributed by atoms with Crippen LogP contribution in [-0.2, 0) is 6.42 Å². The van der Waals surface area contributed by atoms with Gasteiger partial charge in [-0.05, 0) is 37.7 Å². The first kappa shape index (κ1) is 21.7. The standard InChI is InChI=1S/C24H32N2O2S/c1-15(2)14-18-6-8-19(9-7-18)21(27)20-10-12-26(13-11-20)24(28)22-17(5)25-23(29-22)16(3)4/h6-9,15-16,20H,10-14H2,1-5H3. The minimum atomic E-state index is 0.00350. The molecular formula is C24H32N2O2S. The first-order valence-electron chi connectivity index (χ1n) is 10.7. The summed E-state index contributed by atoms with van der Waals surface area (Å²) in [5.74, 6) is 1.22.